The van der Waals surface area contributed by atoms with Gasteiger partial charge < -0.3 is 14.2 Å². The number of allylic oxidation sites excluding steroid dienone is 12. The number of rotatable bonds is 57. The van der Waals surface area contributed by atoms with Crippen molar-refractivity contribution in [2.75, 3.05) is 13.2 Å². The van der Waals surface area contributed by atoms with Crippen LogP contribution in [0.5, 0.6) is 0 Å². The Morgan fingerprint density at radius 2 is 0.534 bits per heavy atom. The fraction of sp³-hybridized carbons (Fsp3) is 0.776. The van der Waals surface area contributed by atoms with Crippen molar-refractivity contribution in [2.24, 2.45) is 0 Å². The maximum atomic E-state index is 12.9. The molecule has 1 atom stereocenters. The molecule has 73 heavy (non-hydrogen) atoms. The molecule has 422 valence electrons. The van der Waals surface area contributed by atoms with Crippen LogP contribution in [-0.2, 0) is 28.6 Å². The lowest BCUT2D eigenvalue weighted by Crippen LogP contribution is -2.30. The zero-order valence-electron chi connectivity index (χ0n) is 48.4. The number of hydrogen-bond donors (Lipinski definition) is 0. The van der Waals surface area contributed by atoms with E-state index in [0.29, 0.717) is 19.3 Å². The minimum absolute atomic E-state index is 0.0856. The first-order valence-corrected chi connectivity index (χ1v) is 31.4. The van der Waals surface area contributed by atoms with E-state index >= 15 is 0 Å². The molecule has 0 aromatic heterocycles. The van der Waals surface area contributed by atoms with Crippen LogP contribution in [0.1, 0.15) is 316 Å². The van der Waals surface area contributed by atoms with Gasteiger partial charge in [0.05, 0.1) is 0 Å². The van der Waals surface area contributed by atoms with Crippen LogP contribution in [0.25, 0.3) is 0 Å². The number of hydrogen-bond acceptors (Lipinski definition) is 6. The van der Waals surface area contributed by atoms with Crippen molar-refractivity contribution in [3.05, 3.63) is 72.9 Å². The monoisotopic (exact) mass is 1020 g/mol. The van der Waals surface area contributed by atoms with E-state index in [0.717, 1.165) is 96.3 Å². The predicted molar refractivity (Wildman–Crippen MR) is 316 cm³/mol. The summed E-state index contributed by atoms with van der Waals surface area (Å²) in [5.74, 6) is -0.907. The molecular formula is C67H118O6. The molecular weight excluding hydrogens is 901 g/mol. The summed E-state index contributed by atoms with van der Waals surface area (Å²) in [6.45, 7) is 6.53. The smallest absolute Gasteiger partial charge is 0.306 e. The molecule has 0 bridgehead atoms. The normalized spacial score (nSPS) is 12.5. The highest BCUT2D eigenvalue weighted by atomic mass is 16.6. The van der Waals surface area contributed by atoms with E-state index in [4.69, 9.17) is 14.2 Å². The van der Waals surface area contributed by atoms with Crippen LogP contribution in [0.3, 0.4) is 0 Å². The fourth-order valence-corrected chi connectivity index (χ4v) is 9.00. The lowest BCUT2D eigenvalue weighted by atomic mass is 10.0. The van der Waals surface area contributed by atoms with Gasteiger partial charge >= 0.3 is 17.9 Å². The van der Waals surface area contributed by atoms with Crippen molar-refractivity contribution < 1.29 is 28.6 Å². The Morgan fingerprint density at radius 1 is 0.288 bits per heavy atom. The number of carbonyl (C=O) groups is 3. The van der Waals surface area contributed by atoms with Gasteiger partial charge in [0.25, 0.3) is 0 Å². The third-order valence-electron chi connectivity index (χ3n) is 13.7. The van der Waals surface area contributed by atoms with Gasteiger partial charge in [-0.3, -0.25) is 14.4 Å². The average Bonchev–Trinajstić information content (AvgIpc) is 3.39. The Morgan fingerprint density at radius 3 is 0.863 bits per heavy atom. The summed E-state index contributed by atoms with van der Waals surface area (Å²) in [5, 5.41) is 0. The van der Waals surface area contributed by atoms with Crippen molar-refractivity contribution in [1.29, 1.82) is 0 Å². The number of esters is 3. The molecule has 0 radical (unpaired) electrons. The Bertz CT molecular complexity index is 1360. The Balaban J connectivity index is 4.42. The minimum Gasteiger partial charge on any atom is -0.462 e. The van der Waals surface area contributed by atoms with Crippen molar-refractivity contribution in [3.8, 4) is 0 Å². The van der Waals surface area contributed by atoms with E-state index in [1.807, 2.05) is 0 Å². The molecule has 0 rings (SSSR count). The lowest BCUT2D eigenvalue weighted by Gasteiger charge is -2.18. The summed E-state index contributed by atoms with van der Waals surface area (Å²) >= 11 is 0. The van der Waals surface area contributed by atoms with Crippen molar-refractivity contribution >= 4 is 17.9 Å². The quantitative estimate of drug-likeness (QED) is 0.0261. The second kappa shape index (κ2) is 61.4. The summed E-state index contributed by atoms with van der Waals surface area (Å²) < 4.78 is 16.9. The van der Waals surface area contributed by atoms with Crippen molar-refractivity contribution in [2.45, 2.75) is 322 Å². The molecule has 0 aliphatic carbocycles. The second-order valence-electron chi connectivity index (χ2n) is 20.9. The van der Waals surface area contributed by atoms with E-state index in [1.54, 1.807) is 0 Å². The van der Waals surface area contributed by atoms with Crippen LogP contribution < -0.4 is 0 Å². The first kappa shape index (κ1) is 69.8. The van der Waals surface area contributed by atoms with Crippen molar-refractivity contribution in [1.82, 2.24) is 0 Å². The summed E-state index contributed by atoms with van der Waals surface area (Å²) in [7, 11) is 0. The van der Waals surface area contributed by atoms with Gasteiger partial charge in [0.2, 0.25) is 0 Å². The van der Waals surface area contributed by atoms with Crippen LogP contribution in [-0.4, -0.2) is 37.2 Å². The van der Waals surface area contributed by atoms with Gasteiger partial charge in [-0.15, -0.1) is 0 Å². The number of ether oxygens (including phenoxy) is 3. The molecule has 0 amide bonds. The molecule has 0 heterocycles. The standard InChI is InChI=1S/C67H118O6/c1-4-7-10-13-16-19-22-25-28-31-33-36-39-42-45-48-51-54-57-60-66(69)72-63-64(62-71-65(68)59-56-53-50-47-44-41-38-35-30-27-24-21-18-15-12-9-6-3)73-67(70)61-58-55-52-49-46-43-40-37-34-32-29-26-23-20-17-14-11-8-5-2/h7,10,16,19,25,27-28,30,33,36,42,45,64H,4-6,8-9,11-15,17-18,20-24,26,29,31-32,34-35,37-41,43-44,46-63H2,1-3H3/b10-7+,19-16+,28-25+,30-27+,36-33+,45-42+/t64-/m1/s1. The highest BCUT2D eigenvalue weighted by Gasteiger charge is 2.19. The zero-order chi connectivity index (χ0) is 52.9. The van der Waals surface area contributed by atoms with Gasteiger partial charge in [0.15, 0.2) is 6.10 Å². The van der Waals surface area contributed by atoms with E-state index in [9.17, 15) is 14.4 Å². The molecule has 0 saturated heterocycles. The largest absolute Gasteiger partial charge is 0.462 e. The third kappa shape index (κ3) is 59.6. The van der Waals surface area contributed by atoms with Gasteiger partial charge in [0.1, 0.15) is 13.2 Å². The molecule has 0 aromatic rings. The maximum absolute atomic E-state index is 12.9. The van der Waals surface area contributed by atoms with Crippen LogP contribution in [0.15, 0.2) is 72.9 Å². The molecule has 0 fully saturated rings. The third-order valence-corrected chi connectivity index (χ3v) is 13.7. The molecule has 0 aliphatic heterocycles. The van der Waals surface area contributed by atoms with Gasteiger partial charge in [-0.1, -0.05) is 280 Å². The number of unbranched alkanes of at least 4 members (excludes halogenated alkanes) is 34. The molecule has 0 spiro atoms. The minimum atomic E-state index is -0.790. The molecule has 6 heteroatoms. The van der Waals surface area contributed by atoms with E-state index < -0.39 is 6.10 Å². The Labute approximate surface area is 453 Å². The highest BCUT2D eigenvalue weighted by Crippen LogP contribution is 2.17. The van der Waals surface area contributed by atoms with Crippen LogP contribution >= 0.6 is 0 Å². The first-order chi connectivity index (χ1) is 36.0. The SMILES string of the molecule is CC/C=C/C/C=C/C/C=C/C/C=C/C/C=C/CCCCCC(=O)OC[C@@H](COC(=O)CCCCCCCCC/C=C/CCCCCCCC)OC(=O)CCCCCCCCCCCCCCCCCCCCC. The zero-order valence-corrected chi connectivity index (χ0v) is 48.4. The van der Waals surface area contributed by atoms with Crippen LogP contribution in [0.4, 0.5) is 0 Å². The lowest BCUT2D eigenvalue weighted by molar-refractivity contribution is -0.167. The summed E-state index contributed by atoms with van der Waals surface area (Å²) in [5.41, 5.74) is 0. The fourth-order valence-electron chi connectivity index (χ4n) is 9.00. The summed E-state index contributed by atoms with van der Waals surface area (Å²) in [6.07, 6.45) is 79.0. The van der Waals surface area contributed by atoms with Crippen molar-refractivity contribution in [3.63, 3.8) is 0 Å². The molecule has 0 unspecified atom stereocenters. The van der Waals surface area contributed by atoms with E-state index in [2.05, 4.69) is 93.7 Å². The van der Waals surface area contributed by atoms with Gasteiger partial charge in [-0.2, -0.15) is 0 Å². The first-order valence-electron chi connectivity index (χ1n) is 31.4. The topological polar surface area (TPSA) is 78.9 Å². The Kier molecular flexibility index (Phi) is 58.7. The van der Waals surface area contributed by atoms with E-state index in [1.165, 1.54) is 180 Å². The van der Waals surface area contributed by atoms with Crippen LogP contribution in [0.2, 0.25) is 0 Å². The van der Waals surface area contributed by atoms with Gasteiger partial charge in [-0.05, 0) is 89.9 Å². The molecule has 0 aromatic carbocycles. The summed E-state index contributed by atoms with van der Waals surface area (Å²) in [6, 6.07) is 0. The molecule has 0 saturated carbocycles. The van der Waals surface area contributed by atoms with Gasteiger partial charge in [-0.25, -0.2) is 0 Å². The van der Waals surface area contributed by atoms with Gasteiger partial charge in [0, 0.05) is 19.3 Å². The highest BCUT2D eigenvalue weighted by molar-refractivity contribution is 5.71. The molecule has 6 nitrogen and oxygen atoms in total. The average molecular weight is 1020 g/mol. The molecule has 0 aliphatic rings. The van der Waals surface area contributed by atoms with Crippen LogP contribution in [0, 0.1) is 0 Å². The second-order valence-corrected chi connectivity index (χ2v) is 20.9. The molecule has 0 N–H and O–H groups in total. The summed E-state index contributed by atoms with van der Waals surface area (Å²) in [4.78, 5) is 38.3. The maximum Gasteiger partial charge on any atom is 0.306 e. The van der Waals surface area contributed by atoms with E-state index in [-0.39, 0.29) is 31.1 Å². The predicted octanol–water partition coefficient (Wildman–Crippen LogP) is 21.3. The Hall–Kier alpha value is -3.15. The number of carbonyl (C=O) groups excluding carboxylic acids is 3.